The van der Waals surface area contributed by atoms with Crippen molar-refractivity contribution in [2.75, 3.05) is 41.0 Å². The number of carbonyl (C=O) groups is 1. The highest BCUT2D eigenvalue weighted by Gasteiger charge is 2.40. The van der Waals surface area contributed by atoms with E-state index in [1.54, 1.807) is 7.11 Å². The zero-order chi connectivity index (χ0) is 22.0. The first kappa shape index (κ1) is 21.3. The van der Waals surface area contributed by atoms with E-state index in [1.807, 2.05) is 41.3 Å². The van der Waals surface area contributed by atoms with Crippen LogP contribution in [0.15, 0.2) is 36.4 Å². The van der Waals surface area contributed by atoms with Gasteiger partial charge >= 0.3 is 0 Å². The number of hydrogen-bond donors (Lipinski definition) is 1. The van der Waals surface area contributed by atoms with Gasteiger partial charge in [0.15, 0.2) is 11.5 Å². The molecule has 0 spiro atoms. The molecule has 2 atom stereocenters. The summed E-state index contributed by atoms with van der Waals surface area (Å²) >= 11 is 0. The van der Waals surface area contributed by atoms with Crippen LogP contribution in [0.1, 0.15) is 28.8 Å². The van der Waals surface area contributed by atoms with Crippen LogP contribution >= 0.6 is 0 Å². The van der Waals surface area contributed by atoms with E-state index in [-0.39, 0.29) is 11.7 Å². The van der Waals surface area contributed by atoms with Crippen LogP contribution in [0.2, 0.25) is 0 Å². The second-order valence-corrected chi connectivity index (χ2v) is 8.23. The van der Waals surface area contributed by atoms with Crippen molar-refractivity contribution in [2.24, 2.45) is 5.92 Å². The van der Waals surface area contributed by atoms with E-state index >= 15 is 0 Å². The molecule has 7 nitrogen and oxygen atoms in total. The van der Waals surface area contributed by atoms with Gasteiger partial charge in [-0.1, -0.05) is 0 Å². The van der Waals surface area contributed by atoms with E-state index in [1.165, 1.54) is 14.2 Å². The lowest BCUT2D eigenvalue weighted by Gasteiger charge is -2.36. The molecule has 166 valence electrons. The summed E-state index contributed by atoms with van der Waals surface area (Å²) in [5.74, 6) is 2.12. The molecule has 0 unspecified atom stereocenters. The van der Waals surface area contributed by atoms with Crippen molar-refractivity contribution in [2.45, 2.75) is 25.4 Å². The number of ether oxygens (including phenoxy) is 3. The Bertz CT molecular complexity index is 905. The second-order valence-electron chi connectivity index (χ2n) is 8.23. The Labute approximate surface area is 183 Å². The summed E-state index contributed by atoms with van der Waals surface area (Å²) < 4.78 is 15.8. The van der Waals surface area contributed by atoms with Gasteiger partial charge < -0.3 is 24.2 Å². The number of phenols is 1. The molecule has 2 heterocycles. The first-order valence-electron chi connectivity index (χ1n) is 10.6. The van der Waals surface area contributed by atoms with Gasteiger partial charge in [-0.2, -0.15) is 0 Å². The van der Waals surface area contributed by atoms with Crippen LogP contribution in [0.3, 0.4) is 0 Å². The molecule has 0 aromatic heterocycles. The first-order chi connectivity index (χ1) is 15.0. The number of rotatable bonds is 6. The highest BCUT2D eigenvalue weighted by atomic mass is 16.5. The van der Waals surface area contributed by atoms with E-state index in [4.69, 9.17) is 14.2 Å². The first-order valence-corrected chi connectivity index (χ1v) is 10.6. The van der Waals surface area contributed by atoms with Crippen molar-refractivity contribution in [1.29, 1.82) is 0 Å². The number of benzene rings is 2. The zero-order valence-electron chi connectivity index (χ0n) is 18.3. The average molecular weight is 427 g/mol. The average Bonchev–Trinajstić information content (AvgIpc) is 3.25. The Morgan fingerprint density at radius 2 is 1.71 bits per heavy atom. The summed E-state index contributed by atoms with van der Waals surface area (Å²) in [5, 5.41) is 10.2. The monoisotopic (exact) mass is 426 g/mol. The zero-order valence-corrected chi connectivity index (χ0v) is 18.3. The molecular formula is C24H30N2O5. The fourth-order valence-electron chi connectivity index (χ4n) is 4.83. The normalized spacial score (nSPS) is 20.9. The van der Waals surface area contributed by atoms with Crippen molar-refractivity contribution < 1.29 is 24.1 Å². The number of aromatic hydroxyl groups is 1. The standard InChI is InChI=1S/C24H30N2O5/c1-29-19-8-6-17(7-9-19)24(28)26-14-18-5-4-10-25(20(18)15-26)13-16-11-21(30-2)23(27)22(12-16)31-3/h6-9,11-12,18,20,27H,4-5,10,13-15H2,1-3H3/t18-,20+/m1/s1. The Morgan fingerprint density at radius 3 is 2.32 bits per heavy atom. The fourth-order valence-corrected chi connectivity index (χ4v) is 4.83. The molecule has 0 bridgehead atoms. The van der Waals surface area contributed by atoms with E-state index < -0.39 is 0 Å². The van der Waals surface area contributed by atoms with Crippen LogP contribution in [0.4, 0.5) is 0 Å². The van der Waals surface area contributed by atoms with Crippen molar-refractivity contribution in [3.8, 4) is 23.0 Å². The summed E-state index contributed by atoms with van der Waals surface area (Å²) in [6.07, 6.45) is 2.24. The van der Waals surface area contributed by atoms with E-state index in [9.17, 15) is 9.90 Å². The third kappa shape index (κ3) is 4.28. The van der Waals surface area contributed by atoms with Crippen LogP contribution in [0.5, 0.6) is 23.0 Å². The number of piperidine rings is 1. The van der Waals surface area contributed by atoms with Gasteiger partial charge in [0.1, 0.15) is 5.75 Å². The largest absolute Gasteiger partial charge is 0.502 e. The van der Waals surface area contributed by atoms with Gasteiger partial charge in [-0.3, -0.25) is 9.69 Å². The molecular weight excluding hydrogens is 396 g/mol. The summed E-state index contributed by atoms with van der Waals surface area (Å²) in [5.41, 5.74) is 1.71. The molecule has 2 fully saturated rings. The summed E-state index contributed by atoms with van der Waals surface area (Å²) in [7, 11) is 4.69. The maximum absolute atomic E-state index is 13.1. The summed E-state index contributed by atoms with van der Waals surface area (Å²) in [6.45, 7) is 3.21. The van der Waals surface area contributed by atoms with Crippen molar-refractivity contribution in [3.05, 3.63) is 47.5 Å². The van der Waals surface area contributed by atoms with E-state index in [2.05, 4.69) is 4.90 Å². The Hall–Kier alpha value is -2.93. The van der Waals surface area contributed by atoms with Crippen molar-refractivity contribution in [3.63, 3.8) is 0 Å². The van der Waals surface area contributed by atoms with E-state index in [0.717, 1.165) is 50.3 Å². The Kier molecular flexibility index (Phi) is 6.23. The van der Waals surface area contributed by atoms with Gasteiger partial charge in [0.25, 0.3) is 5.91 Å². The van der Waals surface area contributed by atoms with Crippen molar-refractivity contribution in [1.82, 2.24) is 9.80 Å². The number of likely N-dealkylation sites (tertiary alicyclic amines) is 2. The molecule has 0 aliphatic carbocycles. The molecule has 0 saturated carbocycles. The maximum atomic E-state index is 13.1. The number of methoxy groups -OCH3 is 3. The summed E-state index contributed by atoms with van der Waals surface area (Å²) in [6, 6.07) is 11.4. The smallest absolute Gasteiger partial charge is 0.253 e. The lowest BCUT2D eigenvalue weighted by atomic mass is 9.91. The van der Waals surface area contributed by atoms with Crippen LogP contribution in [-0.4, -0.2) is 67.8 Å². The molecule has 0 radical (unpaired) electrons. The number of nitrogens with zero attached hydrogens (tertiary/aromatic N) is 2. The van der Waals surface area contributed by atoms with Crippen molar-refractivity contribution >= 4 is 5.91 Å². The molecule has 2 aliphatic rings. The maximum Gasteiger partial charge on any atom is 0.253 e. The molecule has 1 N–H and O–H groups in total. The van der Waals surface area contributed by atoms with Gasteiger partial charge in [-0.25, -0.2) is 0 Å². The van der Waals surface area contributed by atoms with Crippen LogP contribution in [0, 0.1) is 5.92 Å². The minimum absolute atomic E-state index is 0.0161. The summed E-state index contributed by atoms with van der Waals surface area (Å²) in [4.78, 5) is 17.5. The fraction of sp³-hybridized carbons (Fsp3) is 0.458. The number of carbonyl (C=O) groups excluding carboxylic acids is 1. The minimum Gasteiger partial charge on any atom is -0.502 e. The van der Waals surface area contributed by atoms with Gasteiger partial charge in [-0.15, -0.1) is 0 Å². The number of phenolic OH excluding ortho intramolecular Hbond substituents is 1. The topological polar surface area (TPSA) is 71.5 Å². The molecule has 2 aromatic carbocycles. The molecule has 2 aliphatic heterocycles. The lowest BCUT2D eigenvalue weighted by Crippen LogP contribution is -2.44. The number of hydrogen-bond acceptors (Lipinski definition) is 6. The molecule has 7 heteroatoms. The van der Waals surface area contributed by atoms with Crippen LogP contribution in [0.25, 0.3) is 0 Å². The Balaban J connectivity index is 1.49. The second kappa shape index (κ2) is 9.06. The van der Waals surface area contributed by atoms with Gasteiger partial charge in [0, 0.05) is 31.2 Å². The highest BCUT2D eigenvalue weighted by Crippen LogP contribution is 2.39. The van der Waals surface area contributed by atoms with Crippen LogP contribution < -0.4 is 14.2 Å². The molecule has 1 amide bonds. The SMILES string of the molecule is COc1ccc(C(=O)N2C[C@H]3CCCN(Cc4cc(OC)c(O)c(OC)c4)[C@H]3C2)cc1. The predicted octanol–water partition coefficient (Wildman–Crippen LogP) is 3.15. The van der Waals surface area contributed by atoms with Gasteiger partial charge in [-0.05, 0) is 67.3 Å². The Morgan fingerprint density at radius 1 is 1.03 bits per heavy atom. The third-order valence-corrected chi connectivity index (χ3v) is 6.45. The number of amides is 1. The van der Waals surface area contributed by atoms with Gasteiger partial charge in [0.2, 0.25) is 5.75 Å². The quantitative estimate of drug-likeness (QED) is 0.765. The predicted molar refractivity (Wildman–Crippen MR) is 117 cm³/mol. The third-order valence-electron chi connectivity index (χ3n) is 6.45. The van der Waals surface area contributed by atoms with Gasteiger partial charge in [0.05, 0.1) is 21.3 Å². The molecule has 2 aromatic rings. The lowest BCUT2D eigenvalue weighted by molar-refractivity contribution is 0.0774. The molecule has 4 rings (SSSR count). The van der Waals surface area contributed by atoms with E-state index in [0.29, 0.717) is 29.0 Å². The molecule has 31 heavy (non-hydrogen) atoms. The minimum atomic E-state index is 0.0161. The molecule has 2 saturated heterocycles. The highest BCUT2D eigenvalue weighted by molar-refractivity contribution is 5.94. The van der Waals surface area contributed by atoms with Crippen LogP contribution in [-0.2, 0) is 6.54 Å². The number of fused-ring (bicyclic) bond motifs is 1.